The molecule has 2 atom stereocenters. The highest BCUT2D eigenvalue weighted by Crippen LogP contribution is 2.44. The number of ether oxygens (including phenoxy) is 1. The van der Waals surface area contributed by atoms with Crippen molar-refractivity contribution in [1.29, 1.82) is 0 Å². The molecule has 4 heterocycles. The Labute approximate surface area is 241 Å². The van der Waals surface area contributed by atoms with Crippen LogP contribution >= 0.6 is 0 Å². The van der Waals surface area contributed by atoms with Crippen LogP contribution in [0.4, 0.5) is 13.2 Å². The van der Waals surface area contributed by atoms with Gasteiger partial charge in [0.25, 0.3) is 5.91 Å². The van der Waals surface area contributed by atoms with E-state index in [0.29, 0.717) is 63.2 Å². The van der Waals surface area contributed by atoms with Gasteiger partial charge in [-0.2, -0.15) is 18.4 Å². The first-order chi connectivity index (χ1) is 20.2. The van der Waals surface area contributed by atoms with E-state index in [1.165, 1.54) is 4.90 Å². The van der Waals surface area contributed by atoms with E-state index in [1.54, 1.807) is 12.0 Å². The second-order valence-electron chi connectivity index (χ2n) is 10.9. The van der Waals surface area contributed by atoms with Crippen molar-refractivity contribution in [3.8, 4) is 5.75 Å². The third kappa shape index (κ3) is 5.43. The third-order valence-corrected chi connectivity index (χ3v) is 8.62. The highest BCUT2D eigenvalue weighted by atomic mass is 19.4. The van der Waals surface area contributed by atoms with Crippen LogP contribution < -0.4 is 4.74 Å². The molecule has 10 nitrogen and oxygen atoms in total. The number of carbonyl (C=O) groups is 2. The standard InChI is InChI=1S/C29H34F3N7O3/c1-3-7-23-19(8-6-15-39(23)26(41)20-18-33-14-11-21(20)29(30,31)32)25(40)38-16-12-28(13-17-38,27-34-36-37-35-27)22-9-4-5-10-24(22)42-2/h4-5,9-11,14,18-19,23H,3,6-8,12-13,15-17H2,1-2H3,(H,34,35,36,37). The van der Waals surface area contributed by atoms with Crippen molar-refractivity contribution in [1.82, 2.24) is 35.4 Å². The second kappa shape index (κ2) is 12.1. The van der Waals surface area contributed by atoms with Crippen LogP contribution in [0.5, 0.6) is 5.75 Å². The molecule has 0 aliphatic carbocycles. The van der Waals surface area contributed by atoms with Crippen LogP contribution in [0.3, 0.4) is 0 Å². The van der Waals surface area contributed by atoms with Gasteiger partial charge in [0.05, 0.1) is 29.6 Å². The summed E-state index contributed by atoms with van der Waals surface area (Å²) in [4.78, 5) is 34.7. The number of aromatic amines is 1. The smallest absolute Gasteiger partial charge is 0.417 e. The lowest BCUT2D eigenvalue weighted by Crippen LogP contribution is -2.55. The zero-order chi connectivity index (χ0) is 29.9. The number of halogens is 3. The van der Waals surface area contributed by atoms with Gasteiger partial charge < -0.3 is 14.5 Å². The molecule has 2 saturated heterocycles. The minimum absolute atomic E-state index is 0.0880. The number of likely N-dealkylation sites (tertiary alicyclic amines) is 2. The Hall–Kier alpha value is -4.03. The van der Waals surface area contributed by atoms with Crippen molar-refractivity contribution < 1.29 is 27.5 Å². The molecule has 1 aromatic carbocycles. The van der Waals surface area contributed by atoms with Gasteiger partial charge in [0.15, 0.2) is 5.82 Å². The van der Waals surface area contributed by atoms with Gasteiger partial charge in [-0.25, -0.2) is 0 Å². The minimum Gasteiger partial charge on any atom is -0.496 e. The third-order valence-electron chi connectivity index (χ3n) is 8.62. The number of hydrogen-bond acceptors (Lipinski definition) is 7. The molecule has 2 amide bonds. The molecule has 42 heavy (non-hydrogen) atoms. The van der Waals surface area contributed by atoms with Crippen LogP contribution in [-0.2, 0) is 16.4 Å². The fourth-order valence-electron chi connectivity index (χ4n) is 6.58. The second-order valence-corrected chi connectivity index (χ2v) is 10.9. The van der Waals surface area contributed by atoms with Crippen LogP contribution in [0, 0.1) is 5.92 Å². The molecule has 3 aromatic rings. The van der Waals surface area contributed by atoms with Gasteiger partial charge in [0, 0.05) is 43.6 Å². The quantitative estimate of drug-likeness (QED) is 0.441. The topological polar surface area (TPSA) is 117 Å². The summed E-state index contributed by atoms with van der Waals surface area (Å²) in [6.07, 6.45) is 0.615. The number of aromatic nitrogens is 5. The Bertz CT molecular complexity index is 1390. The molecule has 1 N–H and O–H groups in total. The molecule has 2 aliphatic rings. The fourth-order valence-corrected chi connectivity index (χ4v) is 6.58. The summed E-state index contributed by atoms with van der Waals surface area (Å²) >= 11 is 0. The maximum atomic E-state index is 14.0. The molecule has 2 aliphatic heterocycles. The van der Waals surface area contributed by atoms with Gasteiger partial charge in [0.2, 0.25) is 5.91 Å². The number of para-hydroxylation sites is 1. The zero-order valence-corrected chi connectivity index (χ0v) is 23.6. The maximum Gasteiger partial charge on any atom is 0.417 e. The van der Waals surface area contributed by atoms with Crippen molar-refractivity contribution in [2.45, 2.75) is 63.1 Å². The highest BCUT2D eigenvalue weighted by molar-refractivity contribution is 5.96. The van der Waals surface area contributed by atoms with Gasteiger partial charge in [-0.05, 0) is 44.2 Å². The first-order valence-corrected chi connectivity index (χ1v) is 14.2. The van der Waals surface area contributed by atoms with Crippen LogP contribution in [0.25, 0.3) is 0 Å². The van der Waals surface area contributed by atoms with E-state index in [4.69, 9.17) is 4.74 Å². The number of amides is 2. The molecule has 2 fully saturated rings. The van der Waals surface area contributed by atoms with E-state index in [0.717, 1.165) is 24.0 Å². The Morgan fingerprint density at radius 2 is 1.90 bits per heavy atom. The number of hydrogen-bond donors (Lipinski definition) is 1. The van der Waals surface area contributed by atoms with Crippen LogP contribution in [0.15, 0.2) is 42.7 Å². The fraction of sp³-hybridized carbons (Fsp3) is 0.517. The largest absolute Gasteiger partial charge is 0.496 e. The van der Waals surface area contributed by atoms with Gasteiger partial charge >= 0.3 is 6.18 Å². The number of piperidine rings is 2. The normalized spacial score (nSPS) is 20.8. The first-order valence-electron chi connectivity index (χ1n) is 14.2. The molecular weight excluding hydrogens is 551 g/mol. The van der Waals surface area contributed by atoms with Gasteiger partial charge in [-0.15, -0.1) is 10.2 Å². The van der Waals surface area contributed by atoms with Crippen molar-refractivity contribution in [2.75, 3.05) is 26.7 Å². The Kier molecular flexibility index (Phi) is 8.46. The van der Waals surface area contributed by atoms with Crippen LogP contribution in [0.1, 0.15) is 72.8 Å². The number of carbonyl (C=O) groups excluding carboxylic acids is 2. The number of nitrogens with one attached hydrogen (secondary N) is 1. The number of pyridine rings is 1. The van der Waals surface area contributed by atoms with E-state index >= 15 is 0 Å². The Balaban J connectivity index is 1.39. The summed E-state index contributed by atoms with van der Waals surface area (Å²) in [5, 5.41) is 14.9. The summed E-state index contributed by atoms with van der Waals surface area (Å²) in [7, 11) is 1.61. The zero-order valence-electron chi connectivity index (χ0n) is 23.6. The number of tetrazole rings is 1. The summed E-state index contributed by atoms with van der Waals surface area (Å²) in [6, 6.07) is 7.97. The number of H-pyrrole nitrogens is 1. The van der Waals surface area contributed by atoms with Crippen LogP contribution in [-0.4, -0.2) is 80.0 Å². The van der Waals surface area contributed by atoms with Crippen LogP contribution in [0.2, 0.25) is 0 Å². The first kappa shape index (κ1) is 29.5. The highest BCUT2D eigenvalue weighted by Gasteiger charge is 2.47. The van der Waals surface area contributed by atoms with E-state index in [-0.39, 0.29) is 12.5 Å². The molecule has 0 spiro atoms. The Morgan fingerprint density at radius 1 is 1.14 bits per heavy atom. The molecule has 0 saturated carbocycles. The summed E-state index contributed by atoms with van der Waals surface area (Å²) in [6.45, 7) is 3.05. The number of benzene rings is 1. The monoisotopic (exact) mass is 585 g/mol. The lowest BCUT2D eigenvalue weighted by Gasteiger charge is -2.45. The predicted octanol–water partition coefficient (Wildman–Crippen LogP) is 4.25. The Morgan fingerprint density at radius 3 is 2.57 bits per heavy atom. The molecule has 13 heteroatoms. The minimum atomic E-state index is -4.69. The van der Waals surface area contributed by atoms with Crippen molar-refractivity contribution in [3.05, 3.63) is 65.2 Å². The van der Waals surface area contributed by atoms with E-state index in [2.05, 4.69) is 25.6 Å². The lowest BCUT2D eigenvalue weighted by atomic mass is 9.71. The molecule has 224 valence electrons. The SMILES string of the molecule is CCCC1C(C(=O)N2CCC(c3nn[nH]n3)(c3ccccc3OC)CC2)CCCN1C(=O)c1cnccc1C(F)(F)F. The van der Waals surface area contributed by atoms with Crippen molar-refractivity contribution >= 4 is 11.8 Å². The lowest BCUT2D eigenvalue weighted by molar-refractivity contribution is -0.141. The van der Waals surface area contributed by atoms with E-state index in [1.807, 2.05) is 31.2 Å². The van der Waals surface area contributed by atoms with Gasteiger partial charge in [-0.1, -0.05) is 36.8 Å². The predicted molar refractivity (Wildman–Crippen MR) is 145 cm³/mol. The van der Waals surface area contributed by atoms with Gasteiger partial charge in [-0.3, -0.25) is 14.6 Å². The molecule has 2 unspecified atom stereocenters. The molecular formula is C29H34F3N7O3. The van der Waals surface area contributed by atoms with E-state index < -0.39 is 40.6 Å². The summed E-state index contributed by atoms with van der Waals surface area (Å²) in [5.74, 6) is -0.126. The molecule has 2 aromatic heterocycles. The average Bonchev–Trinajstić information content (AvgIpc) is 3.56. The summed E-state index contributed by atoms with van der Waals surface area (Å²) < 4.78 is 46.8. The maximum absolute atomic E-state index is 14.0. The number of rotatable bonds is 7. The molecule has 0 radical (unpaired) electrons. The van der Waals surface area contributed by atoms with Gasteiger partial charge in [0.1, 0.15) is 5.75 Å². The van der Waals surface area contributed by atoms with E-state index in [9.17, 15) is 22.8 Å². The number of alkyl halides is 3. The average molecular weight is 586 g/mol. The number of nitrogens with zero attached hydrogens (tertiary/aromatic N) is 6. The van der Waals surface area contributed by atoms with Crippen molar-refractivity contribution in [3.63, 3.8) is 0 Å². The summed E-state index contributed by atoms with van der Waals surface area (Å²) in [5.41, 5.74) is -1.21. The molecule has 0 bridgehead atoms. The number of methoxy groups -OCH3 is 1. The molecule has 5 rings (SSSR count). The van der Waals surface area contributed by atoms with Crippen molar-refractivity contribution in [2.24, 2.45) is 5.92 Å².